The lowest BCUT2D eigenvalue weighted by Crippen LogP contribution is -1.91. The largest absolute Gasteiger partial charge is 0.328 e. The first-order valence-electron chi connectivity index (χ1n) is 4.17. The van der Waals surface area contributed by atoms with Gasteiger partial charge in [-0.15, -0.1) is 0 Å². The summed E-state index contributed by atoms with van der Waals surface area (Å²) >= 11 is 8.16. The normalized spacial score (nSPS) is 10.3. The molecule has 0 atom stereocenters. The number of nitrogens with one attached hydrogen (secondary N) is 1. The average Bonchev–Trinajstić information content (AvgIpc) is 2.23. The molecule has 0 aliphatic carbocycles. The third-order valence-corrected chi connectivity index (χ3v) is 2.63. The summed E-state index contributed by atoms with van der Waals surface area (Å²) in [5, 5.41) is 0. The van der Waals surface area contributed by atoms with Crippen LogP contribution in [0.4, 0.5) is 4.39 Å². The SMILES string of the molecule is Fc1cnc(=S)[nH]c1-c1ccc(Br)cc1. The Morgan fingerprint density at radius 3 is 2.60 bits per heavy atom. The Bertz CT molecular complexity index is 536. The third kappa shape index (κ3) is 2.30. The number of hydrogen-bond donors (Lipinski definition) is 1. The van der Waals surface area contributed by atoms with Crippen molar-refractivity contribution in [3.8, 4) is 11.3 Å². The molecule has 5 heteroatoms. The first-order chi connectivity index (χ1) is 7.16. The van der Waals surface area contributed by atoms with Gasteiger partial charge in [0.2, 0.25) is 0 Å². The van der Waals surface area contributed by atoms with Crippen LogP contribution < -0.4 is 0 Å². The van der Waals surface area contributed by atoms with Crippen molar-refractivity contribution < 1.29 is 4.39 Å². The highest BCUT2D eigenvalue weighted by Crippen LogP contribution is 2.21. The van der Waals surface area contributed by atoms with Crippen molar-refractivity contribution in [3.05, 3.63) is 45.5 Å². The second kappa shape index (κ2) is 4.20. The number of aromatic nitrogens is 2. The van der Waals surface area contributed by atoms with Gasteiger partial charge < -0.3 is 4.98 Å². The maximum Gasteiger partial charge on any atom is 0.197 e. The molecule has 0 fully saturated rings. The summed E-state index contributed by atoms with van der Waals surface area (Å²) in [5.74, 6) is -0.411. The van der Waals surface area contributed by atoms with E-state index in [2.05, 4.69) is 25.9 Å². The van der Waals surface area contributed by atoms with Crippen LogP contribution in [0.25, 0.3) is 11.3 Å². The minimum atomic E-state index is -0.411. The second-order valence-corrected chi connectivity index (χ2v) is 4.22. The van der Waals surface area contributed by atoms with Crippen LogP contribution in [-0.2, 0) is 0 Å². The molecule has 0 saturated carbocycles. The summed E-state index contributed by atoms with van der Waals surface area (Å²) < 4.78 is 14.6. The van der Waals surface area contributed by atoms with E-state index in [-0.39, 0.29) is 4.77 Å². The van der Waals surface area contributed by atoms with Gasteiger partial charge in [0.25, 0.3) is 0 Å². The average molecular weight is 285 g/mol. The lowest BCUT2D eigenvalue weighted by Gasteiger charge is -2.02. The van der Waals surface area contributed by atoms with Gasteiger partial charge in [0.15, 0.2) is 10.6 Å². The Labute approximate surface area is 99.3 Å². The maximum atomic E-state index is 13.4. The number of H-pyrrole nitrogens is 1. The highest BCUT2D eigenvalue weighted by atomic mass is 79.9. The van der Waals surface area contributed by atoms with Crippen LogP contribution in [0.15, 0.2) is 34.9 Å². The lowest BCUT2D eigenvalue weighted by molar-refractivity contribution is 0.617. The van der Waals surface area contributed by atoms with Gasteiger partial charge >= 0.3 is 0 Å². The van der Waals surface area contributed by atoms with Gasteiger partial charge in [-0.2, -0.15) is 0 Å². The first-order valence-corrected chi connectivity index (χ1v) is 5.38. The summed E-state index contributed by atoms with van der Waals surface area (Å²) in [5.41, 5.74) is 1.10. The number of aromatic amines is 1. The molecular weight excluding hydrogens is 279 g/mol. The van der Waals surface area contributed by atoms with Crippen LogP contribution in [0.2, 0.25) is 0 Å². The van der Waals surface area contributed by atoms with Crippen LogP contribution in [0.3, 0.4) is 0 Å². The summed E-state index contributed by atoms with van der Waals surface area (Å²) in [6.07, 6.45) is 1.12. The molecule has 0 unspecified atom stereocenters. The van der Waals surface area contributed by atoms with Crippen molar-refractivity contribution in [2.75, 3.05) is 0 Å². The maximum absolute atomic E-state index is 13.4. The molecule has 0 spiro atoms. The van der Waals surface area contributed by atoms with E-state index in [1.54, 1.807) is 12.1 Å². The molecular formula is C10H6BrFN2S. The molecule has 1 aromatic carbocycles. The number of hydrogen-bond acceptors (Lipinski definition) is 2. The molecule has 1 aromatic heterocycles. The summed E-state index contributed by atoms with van der Waals surface area (Å²) in [6, 6.07) is 7.28. The molecule has 0 amide bonds. The van der Waals surface area contributed by atoms with Gasteiger partial charge in [-0.1, -0.05) is 28.1 Å². The quantitative estimate of drug-likeness (QED) is 0.809. The Morgan fingerprint density at radius 1 is 1.27 bits per heavy atom. The number of benzene rings is 1. The van der Waals surface area contributed by atoms with Gasteiger partial charge in [0, 0.05) is 10.0 Å². The molecule has 0 aliphatic rings. The zero-order valence-corrected chi connectivity index (χ0v) is 9.90. The van der Waals surface area contributed by atoms with E-state index >= 15 is 0 Å². The van der Waals surface area contributed by atoms with E-state index in [0.717, 1.165) is 16.2 Å². The Hall–Kier alpha value is -1.07. The second-order valence-electron chi connectivity index (χ2n) is 2.92. The van der Waals surface area contributed by atoms with Gasteiger partial charge in [0.05, 0.1) is 11.9 Å². The predicted molar refractivity (Wildman–Crippen MR) is 62.5 cm³/mol. The Balaban J connectivity index is 2.58. The van der Waals surface area contributed by atoms with Crippen LogP contribution in [0, 0.1) is 10.6 Å². The summed E-state index contributed by atoms with van der Waals surface area (Å²) in [7, 11) is 0. The van der Waals surface area contributed by atoms with E-state index in [0.29, 0.717) is 5.69 Å². The van der Waals surface area contributed by atoms with E-state index in [1.807, 2.05) is 12.1 Å². The fraction of sp³-hybridized carbons (Fsp3) is 0. The molecule has 15 heavy (non-hydrogen) atoms. The molecule has 1 N–H and O–H groups in total. The number of nitrogens with zero attached hydrogens (tertiary/aromatic N) is 1. The van der Waals surface area contributed by atoms with Crippen molar-refractivity contribution in [1.82, 2.24) is 9.97 Å². The molecule has 1 heterocycles. The van der Waals surface area contributed by atoms with E-state index in [1.165, 1.54) is 0 Å². The Morgan fingerprint density at radius 2 is 1.93 bits per heavy atom. The molecule has 0 bridgehead atoms. The smallest absolute Gasteiger partial charge is 0.197 e. The highest BCUT2D eigenvalue weighted by molar-refractivity contribution is 9.10. The number of rotatable bonds is 1. The van der Waals surface area contributed by atoms with Crippen molar-refractivity contribution in [1.29, 1.82) is 0 Å². The summed E-state index contributed by atoms with van der Waals surface area (Å²) in [6.45, 7) is 0. The monoisotopic (exact) mass is 284 g/mol. The van der Waals surface area contributed by atoms with Crippen LogP contribution in [0.5, 0.6) is 0 Å². The Kier molecular flexibility index (Phi) is 2.93. The van der Waals surface area contributed by atoms with Gasteiger partial charge in [-0.25, -0.2) is 9.37 Å². The fourth-order valence-corrected chi connectivity index (χ4v) is 1.62. The molecule has 2 nitrogen and oxygen atoms in total. The highest BCUT2D eigenvalue weighted by Gasteiger charge is 2.05. The van der Waals surface area contributed by atoms with Crippen molar-refractivity contribution in [2.24, 2.45) is 0 Å². The number of halogens is 2. The third-order valence-electron chi connectivity index (χ3n) is 1.90. The zero-order valence-electron chi connectivity index (χ0n) is 7.50. The van der Waals surface area contributed by atoms with E-state index in [9.17, 15) is 4.39 Å². The summed E-state index contributed by atoms with van der Waals surface area (Å²) in [4.78, 5) is 6.38. The van der Waals surface area contributed by atoms with Crippen molar-refractivity contribution in [3.63, 3.8) is 0 Å². The van der Waals surface area contributed by atoms with Crippen molar-refractivity contribution >= 4 is 28.1 Å². The van der Waals surface area contributed by atoms with Crippen LogP contribution in [-0.4, -0.2) is 9.97 Å². The van der Waals surface area contributed by atoms with Gasteiger partial charge in [0.1, 0.15) is 0 Å². The molecule has 0 saturated heterocycles. The van der Waals surface area contributed by atoms with E-state index in [4.69, 9.17) is 12.2 Å². The standard InChI is InChI=1S/C10H6BrFN2S/c11-7-3-1-6(2-4-7)9-8(12)5-13-10(15)14-9/h1-5H,(H,13,14,15). The zero-order chi connectivity index (χ0) is 10.8. The van der Waals surface area contributed by atoms with Gasteiger partial charge in [-0.05, 0) is 24.4 Å². The van der Waals surface area contributed by atoms with Crippen LogP contribution in [0.1, 0.15) is 0 Å². The van der Waals surface area contributed by atoms with Crippen molar-refractivity contribution in [2.45, 2.75) is 0 Å². The van der Waals surface area contributed by atoms with E-state index < -0.39 is 5.82 Å². The molecule has 0 aliphatic heterocycles. The molecule has 2 aromatic rings. The molecule has 0 radical (unpaired) electrons. The molecule has 76 valence electrons. The minimum Gasteiger partial charge on any atom is -0.328 e. The van der Waals surface area contributed by atoms with Crippen LogP contribution >= 0.6 is 28.1 Å². The fourth-order valence-electron chi connectivity index (χ4n) is 1.21. The lowest BCUT2D eigenvalue weighted by atomic mass is 10.1. The molecule has 2 rings (SSSR count). The predicted octanol–water partition coefficient (Wildman–Crippen LogP) is 3.71. The first kappa shape index (κ1) is 10.4. The van der Waals surface area contributed by atoms with Gasteiger partial charge in [-0.3, -0.25) is 0 Å². The topological polar surface area (TPSA) is 28.7 Å². The minimum absolute atomic E-state index is 0.273.